The van der Waals surface area contributed by atoms with Crippen molar-refractivity contribution < 1.29 is 59.2 Å². The van der Waals surface area contributed by atoms with Gasteiger partial charge in [-0.2, -0.15) is 0 Å². The number of carbonyl (C=O) groups excluding carboxylic acids is 2. The van der Waals surface area contributed by atoms with Crippen LogP contribution in [0.5, 0.6) is 28.7 Å². The maximum Gasteiger partial charge on any atom is 0.330 e. The fourth-order valence-corrected chi connectivity index (χ4v) is 4.61. The molecule has 220 valence electrons. The molecule has 0 aliphatic carbocycles. The molecular weight excluding hydrogens is 552 g/mol. The van der Waals surface area contributed by atoms with Gasteiger partial charge in [0.25, 0.3) is 0 Å². The Hall–Kier alpha value is -4.62. The van der Waals surface area contributed by atoms with Crippen LogP contribution < -0.4 is 9.47 Å². The van der Waals surface area contributed by atoms with Gasteiger partial charge in [0.2, 0.25) is 6.29 Å². The molecule has 1 unspecified atom stereocenters. The number of esters is 1. The number of ether oxygens (including phenoxy) is 4. The number of phenols is 3. The van der Waals surface area contributed by atoms with E-state index >= 15 is 0 Å². The van der Waals surface area contributed by atoms with E-state index in [-0.39, 0.29) is 40.8 Å². The van der Waals surface area contributed by atoms with Crippen molar-refractivity contribution in [2.24, 2.45) is 0 Å². The molecule has 6 N–H and O–H groups in total. The Kier molecular flexibility index (Phi) is 8.31. The molecule has 5 rings (SSSR count). The maximum atomic E-state index is 12.8. The van der Waals surface area contributed by atoms with Gasteiger partial charge in [-0.3, -0.25) is 4.79 Å². The highest BCUT2D eigenvalue weighted by Gasteiger charge is 2.45. The van der Waals surface area contributed by atoms with Gasteiger partial charge in [0.05, 0.1) is 6.42 Å². The number of Topliss-reactive ketones (excluding diaryl/α,β-unsaturated/α-hetero) is 1. The van der Waals surface area contributed by atoms with E-state index in [1.807, 2.05) is 0 Å². The molecule has 12 nitrogen and oxygen atoms in total. The van der Waals surface area contributed by atoms with Gasteiger partial charge in [-0.1, -0.05) is 24.3 Å². The van der Waals surface area contributed by atoms with E-state index in [1.165, 1.54) is 36.4 Å². The fourth-order valence-electron chi connectivity index (χ4n) is 4.61. The SMILES string of the molecule is O=C(/C=C/c1ccc(O)cc1)OC[C@H]1O[C@@H](Oc2cc(O)c3c(c2)OC(c2ccc(O)cc2)CC3=O)[C@H](O)[C@@H](O)[C@@H]1O. The minimum absolute atomic E-state index is 0.0103. The first-order valence-electron chi connectivity index (χ1n) is 12.9. The topological polar surface area (TPSA) is 192 Å². The summed E-state index contributed by atoms with van der Waals surface area (Å²) in [6.45, 7) is -0.495. The molecule has 3 aromatic carbocycles. The Morgan fingerprint density at radius 3 is 2.26 bits per heavy atom. The molecule has 2 aliphatic heterocycles. The average molecular weight is 581 g/mol. The molecule has 2 aliphatic rings. The highest BCUT2D eigenvalue weighted by Crippen LogP contribution is 2.42. The van der Waals surface area contributed by atoms with Crippen molar-refractivity contribution in [3.8, 4) is 28.7 Å². The smallest absolute Gasteiger partial charge is 0.330 e. The summed E-state index contributed by atoms with van der Waals surface area (Å²) < 4.78 is 22.3. The van der Waals surface area contributed by atoms with Crippen molar-refractivity contribution in [3.63, 3.8) is 0 Å². The summed E-state index contributed by atoms with van der Waals surface area (Å²) in [5, 5.41) is 60.7. The number of hydrogen-bond donors (Lipinski definition) is 6. The largest absolute Gasteiger partial charge is 0.508 e. The zero-order chi connectivity index (χ0) is 30.0. The van der Waals surface area contributed by atoms with Gasteiger partial charge >= 0.3 is 5.97 Å². The summed E-state index contributed by atoms with van der Waals surface area (Å²) in [6.07, 6.45) is -6.12. The van der Waals surface area contributed by atoms with Gasteiger partial charge in [0, 0.05) is 18.2 Å². The fraction of sp³-hybridized carbons (Fsp3) is 0.267. The quantitative estimate of drug-likeness (QED) is 0.176. The molecule has 6 atom stereocenters. The molecule has 1 fully saturated rings. The normalized spacial score (nSPS) is 25.5. The number of phenolic OH excluding ortho intramolecular Hbond substituents is 3. The second-order valence-electron chi connectivity index (χ2n) is 9.83. The average Bonchev–Trinajstić information content (AvgIpc) is 2.96. The number of fused-ring (bicyclic) bond motifs is 1. The highest BCUT2D eigenvalue weighted by molar-refractivity contribution is 6.02. The van der Waals surface area contributed by atoms with Gasteiger partial charge in [-0.05, 0) is 41.5 Å². The number of carbonyl (C=O) groups is 2. The molecule has 0 aromatic heterocycles. The summed E-state index contributed by atoms with van der Waals surface area (Å²) >= 11 is 0. The number of hydrogen-bond acceptors (Lipinski definition) is 12. The van der Waals surface area contributed by atoms with E-state index in [0.717, 1.165) is 12.1 Å². The Bertz CT molecular complexity index is 1470. The number of aliphatic hydroxyl groups is 3. The van der Waals surface area contributed by atoms with Crippen molar-refractivity contribution in [2.75, 3.05) is 6.61 Å². The van der Waals surface area contributed by atoms with Crippen LogP contribution in [0.25, 0.3) is 6.08 Å². The van der Waals surface area contributed by atoms with Crippen molar-refractivity contribution in [3.05, 3.63) is 83.4 Å². The van der Waals surface area contributed by atoms with Crippen LogP contribution in [0.1, 0.15) is 34.0 Å². The zero-order valence-corrected chi connectivity index (χ0v) is 21.9. The Morgan fingerprint density at radius 1 is 0.905 bits per heavy atom. The standard InChI is InChI=1S/C30H28O12/c31-17-6-1-15(2-7-17)3-10-25(35)39-14-24-27(36)28(37)29(38)30(42-24)40-19-11-20(33)26-21(34)13-22(41-23(26)12-19)16-4-8-18(32)9-5-16/h1-12,22,24,27-33,36-38H,13-14H2/b10-3+/t22?,24-,27-,28+,29-,30-/m1/s1. The summed E-state index contributed by atoms with van der Waals surface area (Å²) in [4.78, 5) is 25.0. The first kappa shape index (κ1) is 28.9. The summed E-state index contributed by atoms with van der Waals surface area (Å²) in [6, 6.07) is 14.6. The number of aliphatic hydroxyl groups excluding tert-OH is 3. The van der Waals surface area contributed by atoms with Gasteiger partial charge in [0.1, 0.15) is 71.4 Å². The molecule has 2 heterocycles. The number of benzene rings is 3. The van der Waals surface area contributed by atoms with Gasteiger partial charge in [-0.15, -0.1) is 0 Å². The first-order valence-corrected chi connectivity index (χ1v) is 12.9. The number of ketones is 1. The third-order valence-electron chi connectivity index (χ3n) is 6.85. The van der Waals surface area contributed by atoms with Crippen LogP contribution in [0.4, 0.5) is 0 Å². The van der Waals surface area contributed by atoms with E-state index in [9.17, 15) is 40.2 Å². The van der Waals surface area contributed by atoms with Crippen LogP contribution in [0, 0.1) is 0 Å². The van der Waals surface area contributed by atoms with E-state index in [1.54, 1.807) is 24.3 Å². The molecule has 0 radical (unpaired) electrons. The molecule has 1 saturated heterocycles. The third kappa shape index (κ3) is 6.31. The third-order valence-corrected chi connectivity index (χ3v) is 6.85. The maximum absolute atomic E-state index is 12.8. The van der Waals surface area contributed by atoms with Gasteiger partial charge in [-0.25, -0.2) is 4.79 Å². The molecule has 0 saturated carbocycles. The molecular formula is C30H28O12. The molecule has 0 bridgehead atoms. The molecule has 12 heteroatoms. The van der Waals surface area contributed by atoms with Crippen LogP contribution in [0.3, 0.4) is 0 Å². The summed E-state index contributed by atoms with van der Waals surface area (Å²) in [5.74, 6) is -1.55. The van der Waals surface area contributed by atoms with Gasteiger partial charge < -0.3 is 49.6 Å². The van der Waals surface area contributed by atoms with Crippen molar-refractivity contribution in [1.29, 1.82) is 0 Å². The molecule has 3 aromatic rings. The van der Waals surface area contributed by atoms with E-state index < -0.39 is 55.1 Å². The lowest BCUT2D eigenvalue weighted by atomic mass is 9.95. The lowest BCUT2D eigenvalue weighted by molar-refractivity contribution is -0.278. The summed E-state index contributed by atoms with van der Waals surface area (Å²) in [5.41, 5.74) is 1.19. The van der Waals surface area contributed by atoms with Crippen LogP contribution >= 0.6 is 0 Å². The second-order valence-corrected chi connectivity index (χ2v) is 9.83. The molecule has 0 spiro atoms. The van der Waals surface area contributed by atoms with E-state index in [2.05, 4.69) is 0 Å². The van der Waals surface area contributed by atoms with Crippen LogP contribution in [-0.4, -0.2) is 79.7 Å². The first-order chi connectivity index (χ1) is 20.1. The lowest BCUT2D eigenvalue weighted by Gasteiger charge is -2.40. The monoisotopic (exact) mass is 580 g/mol. The zero-order valence-electron chi connectivity index (χ0n) is 21.9. The van der Waals surface area contributed by atoms with Crippen molar-refractivity contribution in [2.45, 2.75) is 43.2 Å². The van der Waals surface area contributed by atoms with Crippen LogP contribution in [-0.2, 0) is 14.3 Å². The number of rotatable bonds is 7. The van der Waals surface area contributed by atoms with Crippen LogP contribution in [0.2, 0.25) is 0 Å². The van der Waals surface area contributed by atoms with E-state index in [4.69, 9.17) is 18.9 Å². The molecule has 42 heavy (non-hydrogen) atoms. The van der Waals surface area contributed by atoms with Crippen molar-refractivity contribution >= 4 is 17.8 Å². The molecule has 0 amide bonds. The minimum atomic E-state index is -1.73. The van der Waals surface area contributed by atoms with Crippen LogP contribution in [0.15, 0.2) is 66.7 Å². The second kappa shape index (κ2) is 12.1. The van der Waals surface area contributed by atoms with Gasteiger partial charge in [0.15, 0.2) is 5.78 Å². The summed E-state index contributed by atoms with van der Waals surface area (Å²) in [7, 11) is 0. The Morgan fingerprint density at radius 2 is 1.57 bits per heavy atom. The Balaban J connectivity index is 1.26. The highest BCUT2D eigenvalue weighted by atomic mass is 16.7. The predicted octanol–water partition coefficient (Wildman–Crippen LogP) is 1.95. The van der Waals surface area contributed by atoms with E-state index in [0.29, 0.717) is 11.1 Å². The lowest BCUT2D eigenvalue weighted by Crippen LogP contribution is -2.60. The van der Waals surface area contributed by atoms with Crippen molar-refractivity contribution in [1.82, 2.24) is 0 Å². The minimum Gasteiger partial charge on any atom is -0.508 e. The Labute approximate surface area is 239 Å². The number of aromatic hydroxyl groups is 3. The predicted molar refractivity (Wildman–Crippen MR) is 144 cm³/mol.